The first-order valence-electron chi connectivity index (χ1n) is 5.71. The summed E-state index contributed by atoms with van der Waals surface area (Å²) in [5.74, 6) is 0.644. The summed E-state index contributed by atoms with van der Waals surface area (Å²) in [4.78, 5) is 0. The Hall–Kier alpha value is 0.801. The van der Waals surface area contributed by atoms with Crippen molar-refractivity contribution in [3.8, 4) is 0 Å². The average molecular weight is 297 g/mol. The van der Waals surface area contributed by atoms with E-state index in [1.807, 2.05) is 6.92 Å². The molecule has 0 spiro atoms. The Morgan fingerprint density at radius 2 is 1.38 bits per heavy atom. The van der Waals surface area contributed by atoms with Gasteiger partial charge in [0, 0.05) is 0 Å². The maximum atomic E-state index is 11.7. The van der Waals surface area contributed by atoms with E-state index < -0.39 is 33.7 Å². The molecular formula is C9H25O3PSi3. The lowest BCUT2D eigenvalue weighted by atomic mass is 11.0. The quantitative estimate of drug-likeness (QED) is 0.526. The van der Waals surface area contributed by atoms with Crippen LogP contribution in [0, 0.1) is 0 Å². The van der Waals surface area contributed by atoms with Crippen molar-refractivity contribution in [1.82, 2.24) is 0 Å². The topological polar surface area (TPSA) is 35.5 Å². The standard InChI is InChI=1S/C9H25O3PSi3/c1-8-14(10)9-13(11-15(2,3)4)12-16(5,6)7/h8-9H2,1-7H3. The molecule has 0 rings (SSSR count). The zero-order valence-electron chi connectivity index (χ0n) is 11.6. The molecule has 96 valence electrons. The van der Waals surface area contributed by atoms with Gasteiger partial charge in [0.05, 0.1) is 5.79 Å². The van der Waals surface area contributed by atoms with E-state index in [1.165, 1.54) is 0 Å². The third-order valence-corrected chi connectivity index (χ3v) is 10.7. The highest BCUT2D eigenvalue weighted by atomic mass is 31.2. The van der Waals surface area contributed by atoms with Crippen LogP contribution in [-0.2, 0) is 12.9 Å². The number of rotatable bonds is 7. The van der Waals surface area contributed by atoms with Crippen LogP contribution in [0.4, 0.5) is 0 Å². The van der Waals surface area contributed by atoms with E-state index in [0.29, 0.717) is 5.79 Å². The van der Waals surface area contributed by atoms with Gasteiger partial charge < -0.3 is 12.9 Å². The molecule has 3 nitrogen and oxygen atoms in total. The molecule has 0 saturated heterocycles. The van der Waals surface area contributed by atoms with Gasteiger partial charge in [-0.25, -0.2) is 0 Å². The van der Waals surface area contributed by atoms with Gasteiger partial charge in [0.15, 0.2) is 25.0 Å². The molecule has 0 radical (unpaired) electrons. The highest BCUT2D eigenvalue weighted by Gasteiger charge is 2.29. The van der Waals surface area contributed by atoms with Crippen LogP contribution in [-0.4, -0.2) is 31.1 Å². The van der Waals surface area contributed by atoms with E-state index in [1.54, 1.807) is 0 Å². The van der Waals surface area contributed by atoms with Crippen LogP contribution in [0.2, 0.25) is 45.3 Å². The first-order chi connectivity index (χ1) is 7.03. The molecule has 0 fully saturated rings. The molecule has 0 aliphatic rings. The van der Waals surface area contributed by atoms with Gasteiger partial charge in [-0.3, -0.25) is 0 Å². The van der Waals surface area contributed by atoms with E-state index in [4.69, 9.17) is 8.43 Å². The Morgan fingerprint density at radius 1 is 1.00 bits per heavy atom. The molecule has 0 heterocycles. The Balaban J connectivity index is 4.45. The molecule has 0 aliphatic carbocycles. The summed E-state index contributed by atoms with van der Waals surface area (Å²) < 4.78 is 23.7. The number of hydrogen-bond donors (Lipinski definition) is 0. The van der Waals surface area contributed by atoms with Gasteiger partial charge in [0.25, 0.3) is 8.68 Å². The molecule has 0 aromatic rings. The van der Waals surface area contributed by atoms with Gasteiger partial charge in [0.2, 0.25) is 0 Å². The Morgan fingerprint density at radius 3 is 1.62 bits per heavy atom. The molecule has 0 bridgehead atoms. The van der Waals surface area contributed by atoms with Crippen molar-refractivity contribution in [2.45, 2.75) is 52.2 Å². The maximum Gasteiger partial charge on any atom is 0.285 e. The minimum absolute atomic E-state index is 0.644. The van der Waals surface area contributed by atoms with Crippen LogP contribution in [0.15, 0.2) is 0 Å². The van der Waals surface area contributed by atoms with E-state index >= 15 is 0 Å². The Labute approximate surface area is 105 Å². The lowest BCUT2D eigenvalue weighted by Gasteiger charge is -2.30. The van der Waals surface area contributed by atoms with Crippen molar-refractivity contribution in [1.29, 1.82) is 0 Å². The Bertz CT molecular complexity index is 219. The van der Waals surface area contributed by atoms with Gasteiger partial charge in [-0.05, 0) is 45.3 Å². The predicted molar refractivity (Wildman–Crippen MR) is 77.6 cm³/mol. The van der Waals surface area contributed by atoms with E-state index in [2.05, 4.69) is 39.3 Å². The monoisotopic (exact) mass is 296 g/mol. The molecule has 0 aliphatic heterocycles. The summed E-state index contributed by atoms with van der Waals surface area (Å²) in [6.45, 7) is 14.9. The minimum Gasteiger partial charge on any atom is -0.388 e. The van der Waals surface area contributed by atoms with Gasteiger partial charge >= 0.3 is 0 Å². The largest absolute Gasteiger partial charge is 0.388 e. The lowest BCUT2D eigenvalue weighted by molar-refractivity contribution is 0.491. The highest BCUT2D eigenvalue weighted by Crippen LogP contribution is 2.44. The molecule has 0 aromatic heterocycles. The smallest absolute Gasteiger partial charge is 0.285 e. The molecule has 0 saturated carbocycles. The van der Waals surface area contributed by atoms with Crippen LogP contribution in [0.25, 0.3) is 0 Å². The summed E-state index contributed by atoms with van der Waals surface area (Å²) in [5.41, 5.74) is 0. The normalized spacial score (nSPS) is 13.2. The van der Waals surface area contributed by atoms with E-state index in [0.717, 1.165) is 6.04 Å². The summed E-state index contributed by atoms with van der Waals surface area (Å²) in [6.07, 6.45) is 0. The number of hydrogen-bond acceptors (Lipinski definition) is 3. The van der Waals surface area contributed by atoms with Crippen LogP contribution >= 0.6 is 8.38 Å². The Kier molecular flexibility index (Phi) is 6.99. The van der Waals surface area contributed by atoms with Crippen molar-refractivity contribution in [3.05, 3.63) is 0 Å². The van der Waals surface area contributed by atoms with E-state index in [-0.39, 0.29) is 0 Å². The SMILES string of the molecule is CC[Si](=O)CP(O[Si](C)(C)C)O[Si](C)(C)C. The fourth-order valence-corrected chi connectivity index (χ4v) is 10.0. The highest BCUT2D eigenvalue weighted by molar-refractivity contribution is 7.53. The fourth-order valence-electron chi connectivity index (χ4n) is 0.950. The zero-order valence-corrected chi connectivity index (χ0v) is 15.5. The summed E-state index contributed by atoms with van der Waals surface area (Å²) in [7, 11) is -5.62. The lowest BCUT2D eigenvalue weighted by Crippen LogP contribution is -2.30. The van der Waals surface area contributed by atoms with Crippen molar-refractivity contribution in [2.24, 2.45) is 0 Å². The average Bonchev–Trinajstić information content (AvgIpc) is 1.97. The van der Waals surface area contributed by atoms with Crippen molar-refractivity contribution >= 4 is 33.7 Å². The fraction of sp³-hybridized carbons (Fsp3) is 1.00. The minimum atomic E-state index is -1.60. The summed E-state index contributed by atoms with van der Waals surface area (Å²) >= 11 is 0. The van der Waals surface area contributed by atoms with Crippen molar-refractivity contribution < 1.29 is 12.9 Å². The molecule has 7 heteroatoms. The molecular weight excluding hydrogens is 271 g/mol. The van der Waals surface area contributed by atoms with Crippen molar-refractivity contribution in [2.75, 3.05) is 5.79 Å². The van der Waals surface area contributed by atoms with Crippen LogP contribution in [0.3, 0.4) is 0 Å². The van der Waals surface area contributed by atoms with Gasteiger partial charge in [-0.2, -0.15) is 0 Å². The van der Waals surface area contributed by atoms with Crippen molar-refractivity contribution in [3.63, 3.8) is 0 Å². The van der Waals surface area contributed by atoms with Gasteiger partial charge in [-0.15, -0.1) is 0 Å². The first-order valence-corrected chi connectivity index (χ1v) is 15.7. The van der Waals surface area contributed by atoms with E-state index in [9.17, 15) is 4.46 Å². The second-order valence-corrected chi connectivity index (χ2v) is 19.4. The van der Waals surface area contributed by atoms with Gasteiger partial charge in [-0.1, -0.05) is 6.92 Å². The molecule has 0 atom stereocenters. The third-order valence-electron chi connectivity index (χ3n) is 1.45. The van der Waals surface area contributed by atoms with Gasteiger partial charge in [0.1, 0.15) is 0 Å². The van der Waals surface area contributed by atoms with Crippen LogP contribution < -0.4 is 0 Å². The zero-order chi connectivity index (χ0) is 13.0. The van der Waals surface area contributed by atoms with Crippen LogP contribution in [0.5, 0.6) is 0 Å². The predicted octanol–water partition coefficient (Wildman–Crippen LogP) is 3.98. The summed E-state index contributed by atoms with van der Waals surface area (Å²) in [6, 6.07) is 0.758. The molecule has 16 heavy (non-hydrogen) atoms. The molecule has 0 amide bonds. The first kappa shape index (κ1) is 16.8. The maximum absolute atomic E-state index is 11.7. The second-order valence-electron chi connectivity index (χ2n) is 5.79. The third kappa shape index (κ3) is 9.99. The molecule has 0 aromatic carbocycles. The summed E-state index contributed by atoms with van der Waals surface area (Å²) in [5, 5.41) is 0. The molecule has 0 unspecified atom stereocenters. The molecule has 0 N–H and O–H groups in total. The van der Waals surface area contributed by atoms with Crippen LogP contribution in [0.1, 0.15) is 6.92 Å². The second kappa shape index (κ2) is 6.66.